The van der Waals surface area contributed by atoms with Crippen LogP contribution in [0.25, 0.3) is 16.9 Å². The number of primary amides is 1. The van der Waals surface area contributed by atoms with E-state index in [-0.39, 0.29) is 41.4 Å². The lowest BCUT2D eigenvalue weighted by Crippen LogP contribution is -2.62. The molecule has 220 valence electrons. The third kappa shape index (κ3) is 4.09. The molecule has 9 heteroatoms. The highest BCUT2D eigenvalue weighted by molar-refractivity contribution is 6.23. The molecule has 0 bridgehead atoms. The average molecular weight is 574 g/mol. The van der Waals surface area contributed by atoms with Crippen LogP contribution in [0.4, 0.5) is 0 Å². The molecular formula is C33H35NO8. The molecule has 9 nitrogen and oxygen atoms in total. The number of carbonyl (C=O) groups is 4. The molecule has 5 atom stereocenters. The van der Waals surface area contributed by atoms with E-state index in [4.69, 9.17) is 5.73 Å². The first-order chi connectivity index (χ1) is 19.7. The van der Waals surface area contributed by atoms with Crippen LogP contribution in [0.5, 0.6) is 5.75 Å². The van der Waals surface area contributed by atoms with Crippen LogP contribution in [0.1, 0.15) is 63.1 Å². The second-order valence-electron chi connectivity index (χ2n) is 12.0. The number of Topliss-reactive ketones (excluding diaryl/α,β-unsaturated/α-hetero) is 3. The Morgan fingerprint density at radius 1 is 1.02 bits per heavy atom. The maximum Gasteiger partial charge on any atom is 0.255 e. The minimum atomic E-state index is -2.64. The van der Waals surface area contributed by atoms with Crippen LogP contribution in [0.15, 0.2) is 53.3 Å². The zero-order valence-electron chi connectivity index (χ0n) is 24.0. The molecule has 1 unspecified atom stereocenters. The van der Waals surface area contributed by atoms with Gasteiger partial charge in [0.2, 0.25) is 5.78 Å². The normalized spacial score (nSPS) is 26.1. The zero-order chi connectivity index (χ0) is 30.8. The Morgan fingerprint density at radius 2 is 1.67 bits per heavy atom. The van der Waals surface area contributed by atoms with E-state index in [2.05, 4.69) is 0 Å². The number of nitrogens with two attached hydrogens (primary N) is 1. The first-order valence-electron chi connectivity index (χ1n) is 14.2. The van der Waals surface area contributed by atoms with Crippen molar-refractivity contribution in [2.45, 2.75) is 58.5 Å². The highest BCUT2D eigenvalue weighted by atomic mass is 16.3. The van der Waals surface area contributed by atoms with Crippen molar-refractivity contribution in [3.63, 3.8) is 0 Å². The largest absolute Gasteiger partial charge is 0.508 e. The fraction of sp³-hybridized carbons (Fsp3) is 0.394. The van der Waals surface area contributed by atoms with Crippen molar-refractivity contribution in [2.24, 2.45) is 29.4 Å². The van der Waals surface area contributed by atoms with Crippen molar-refractivity contribution in [1.29, 1.82) is 0 Å². The Bertz CT molecular complexity index is 1600. The number of amides is 1. The third-order valence-corrected chi connectivity index (χ3v) is 9.41. The highest BCUT2D eigenvalue weighted by Gasteiger charge is 2.64. The number of ketones is 3. The van der Waals surface area contributed by atoms with Crippen molar-refractivity contribution < 1.29 is 39.6 Å². The van der Waals surface area contributed by atoms with Gasteiger partial charge in [-0.05, 0) is 53.0 Å². The number of fused-ring (bicyclic) bond motifs is 3. The summed E-state index contributed by atoms with van der Waals surface area (Å²) in [7, 11) is 0. The van der Waals surface area contributed by atoms with Crippen LogP contribution in [0.3, 0.4) is 0 Å². The van der Waals surface area contributed by atoms with Crippen molar-refractivity contribution in [3.05, 3.63) is 70.0 Å². The molecule has 0 aromatic heterocycles. The van der Waals surface area contributed by atoms with Crippen LogP contribution in [0.2, 0.25) is 0 Å². The van der Waals surface area contributed by atoms with Crippen LogP contribution in [0, 0.1) is 23.7 Å². The van der Waals surface area contributed by atoms with E-state index in [0.29, 0.717) is 17.5 Å². The van der Waals surface area contributed by atoms with Gasteiger partial charge in [0.05, 0.1) is 5.56 Å². The molecule has 1 amide bonds. The molecule has 0 spiro atoms. The van der Waals surface area contributed by atoms with Crippen molar-refractivity contribution in [1.82, 2.24) is 0 Å². The summed E-state index contributed by atoms with van der Waals surface area (Å²) in [6.07, 6.45) is 0.686. The highest BCUT2D eigenvalue weighted by Crippen LogP contribution is 2.55. The summed E-state index contributed by atoms with van der Waals surface area (Å²) in [6.45, 7) is 7.13. The van der Waals surface area contributed by atoms with Gasteiger partial charge in [-0.15, -0.1) is 0 Å². The van der Waals surface area contributed by atoms with Gasteiger partial charge in [0, 0.05) is 29.7 Å². The number of phenols is 1. The van der Waals surface area contributed by atoms with Crippen LogP contribution < -0.4 is 5.73 Å². The number of aliphatic hydroxyl groups is 3. The van der Waals surface area contributed by atoms with Crippen LogP contribution >= 0.6 is 0 Å². The first-order valence-corrected chi connectivity index (χ1v) is 14.2. The molecule has 0 radical (unpaired) electrons. The van der Waals surface area contributed by atoms with E-state index in [0.717, 1.165) is 11.1 Å². The molecule has 5 rings (SSSR count). The van der Waals surface area contributed by atoms with Crippen LogP contribution in [-0.2, 0) is 25.6 Å². The first kappa shape index (κ1) is 29.3. The second kappa shape index (κ2) is 10.2. The monoisotopic (exact) mass is 573 g/mol. The van der Waals surface area contributed by atoms with E-state index in [1.54, 1.807) is 19.9 Å². The van der Waals surface area contributed by atoms with Gasteiger partial charge in [0.25, 0.3) is 5.91 Å². The summed E-state index contributed by atoms with van der Waals surface area (Å²) in [5, 5.41) is 45.0. The van der Waals surface area contributed by atoms with E-state index in [1.807, 2.05) is 38.1 Å². The van der Waals surface area contributed by atoms with Crippen molar-refractivity contribution in [3.8, 4) is 16.9 Å². The molecule has 3 aliphatic rings. The molecule has 42 heavy (non-hydrogen) atoms. The Kier molecular flexibility index (Phi) is 7.13. The maximum absolute atomic E-state index is 14.0. The summed E-state index contributed by atoms with van der Waals surface area (Å²) >= 11 is 0. The van der Waals surface area contributed by atoms with E-state index < -0.39 is 63.8 Å². The average Bonchev–Trinajstić information content (AvgIpc) is 2.94. The summed E-state index contributed by atoms with van der Waals surface area (Å²) in [6, 6.07) is 10.6. The quantitative estimate of drug-likeness (QED) is 0.322. The van der Waals surface area contributed by atoms with Crippen molar-refractivity contribution in [2.75, 3.05) is 0 Å². The lowest BCUT2D eigenvalue weighted by molar-refractivity contribution is -0.155. The maximum atomic E-state index is 14.0. The summed E-state index contributed by atoms with van der Waals surface area (Å²) in [4.78, 5) is 51.7. The minimum Gasteiger partial charge on any atom is -0.508 e. The van der Waals surface area contributed by atoms with Gasteiger partial charge in [-0.3, -0.25) is 19.2 Å². The Morgan fingerprint density at radius 3 is 2.24 bits per heavy atom. The van der Waals surface area contributed by atoms with E-state index in [1.165, 1.54) is 6.07 Å². The number of hydrogen-bond acceptors (Lipinski definition) is 8. The van der Waals surface area contributed by atoms with E-state index >= 15 is 0 Å². The fourth-order valence-corrected chi connectivity index (χ4v) is 7.20. The molecule has 1 fully saturated rings. The second-order valence-corrected chi connectivity index (χ2v) is 12.0. The number of rotatable bonds is 6. The molecule has 2 aromatic rings. The molecular weight excluding hydrogens is 538 g/mol. The van der Waals surface area contributed by atoms with Gasteiger partial charge in [0.1, 0.15) is 28.6 Å². The van der Waals surface area contributed by atoms with Crippen LogP contribution in [-0.4, -0.2) is 49.3 Å². The number of carbonyl (C=O) groups excluding carboxylic acids is 4. The van der Waals surface area contributed by atoms with Gasteiger partial charge in [0.15, 0.2) is 11.4 Å². The number of phenolic OH excluding ortho intramolecular Hbond substituents is 1. The number of aromatic hydroxyl groups is 1. The Hall–Kier alpha value is -4.24. The standard InChI is InChI=1S/C33H35NO8/c1-5-22(35)15(4)16-6-8-17(9-7-16)19-10-11-23(36)26-20(19)12-18-13-21-24(14(2)3)28(37)27(32(34)41)31(40)33(21,42)30(39)25(18)29(26)38/h6-11,14-15,18,21,24,36,38,40,42H,5,12-13H2,1-4H3,(H2,34,41)/t15?,18-,21-,24-,33-/m0/s1. The van der Waals surface area contributed by atoms with E-state index in [9.17, 15) is 39.6 Å². The lowest BCUT2D eigenvalue weighted by atomic mass is 9.54. The van der Waals surface area contributed by atoms with Gasteiger partial charge in [-0.1, -0.05) is 58.0 Å². The minimum absolute atomic E-state index is 0.0404. The summed E-state index contributed by atoms with van der Waals surface area (Å²) in [5.74, 6) is -8.11. The SMILES string of the molecule is CCC(=O)C(C)c1ccc(-c2ccc(O)c3c2C[C@H]2C[C@H]4[C@H](C(C)C)C(=O)C(C(N)=O)=C(O)[C@@]4(O)C(=O)C2=C3O)cc1. The van der Waals surface area contributed by atoms with Gasteiger partial charge >= 0.3 is 0 Å². The molecule has 0 aliphatic heterocycles. The lowest BCUT2D eigenvalue weighted by Gasteiger charge is -2.50. The predicted octanol–water partition coefficient (Wildman–Crippen LogP) is 4.06. The molecule has 6 N–H and O–H groups in total. The molecule has 1 saturated carbocycles. The summed E-state index contributed by atoms with van der Waals surface area (Å²) < 4.78 is 0. The summed E-state index contributed by atoms with van der Waals surface area (Å²) in [5.41, 5.74) is 4.75. The molecule has 3 aliphatic carbocycles. The Balaban J connectivity index is 1.65. The zero-order valence-corrected chi connectivity index (χ0v) is 24.0. The third-order valence-electron chi connectivity index (χ3n) is 9.41. The number of aliphatic hydroxyl groups excluding tert-OH is 2. The molecule has 0 heterocycles. The predicted molar refractivity (Wildman–Crippen MR) is 154 cm³/mol. The van der Waals surface area contributed by atoms with Gasteiger partial charge in [-0.2, -0.15) is 0 Å². The van der Waals surface area contributed by atoms with Crippen molar-refractivity contribution >= 4 is 29.0 Å². The number of benzene rings is 2. The van der Waals surface area contributed by atoms with Gasteiger partial charge in [-0.25, -0.2) is 0 Å². The molecule has 0 saturated heterocycles. The Labute approximate surface area is 243 Å². The molecule has 2 aromatic carbocycles. The number of hydrogen-bond donors (Lipinski definition) is 5. The van der Waals surface area contributed by atoms with Gasteiger partial charge < -0.3 is 26.2 Å². The smallest absolute Gasteiger partial charge is 0.255 e. The topological polar surface area (TPSA) is 175 Å². The fourth-order valence-electron chi connectivity index (χ4n) is 7.20.